The molecular weight excluding hydrogens is 300 g/mol. The van der Waals surface area contributed by atoms with E-state index in [0.29, 0.717) is 6.42 Å². The Kier molecular flexibility index (Phi) is 4.72. The molecule has 0 unspecified atom stereocenters. The van der Waals surface area contributed by atoms with E-state index < -0.39 is 0 Å². The van der Waals surface area contributed by atoms with Gasteiger partial charge in [-0.2, -0.15) is 0 Å². The fourth-order valence-corrected chi connectivity index (χ4v) is 5.34. The van der Waals surface area contributed by atoms with Crippen LogP contribution in [0.1, 0.15) is 31.4 Å². The van der Waals surface area contributed by atoms with Gasteiger partial charge in [-0.15, -0.1) is 11.8 Å². The zero-order valence-electron chi connectivity index (χ0n) is 13.7. The minimum atomic E-state index is -0.187. The largest absolute Gasteiger partial charge is 0.303 e. The smallest absolute Gasteiger partial charge is 0.120 e. The fraction of sp³-hybridized carbons (Fsp3) is 0.286. The normalized spacial score (nSPS) is 20.3. The molecular formula is C21H22OS. The van der Waals surface area contributed by atoms with Crippen molar-refractivity contribution in [3.63, 3.8) is 0 Å². The highest BCUT2D eigenvalue weighted by Crippen LogP contribution is 2.55. The number of thioether (sulfide) groups is 1. The second-order valence-electron chi connectivity index (χ2n) is 6.17. The molecule has 1 heterocycles. The van der Waals surface area contributed by atoms with E-state index in [1.54, 1.807) is 0 Å². The molecule has 0 aromatic heterocycles. The second-order valence-corrected chi connectivity index (χ2v) is 7.40. The Morgan fingerprint density at radius 1 is 1.00 bits per heavy atom. The minimum absolute atomic E-state index is 0.187. The first-order valence-electron chi connectivity index (χ1n) is 8.05. The van der Waals surface area contributed by atoms with E-state index in [9.17, 15) is 4.79 Å². The van der Waals surface area contributed by atoms with Gasteiger partial charge < -0.3 is 4.79 Å². The van der Waals surface area contributed by atoms with E-state index in [0.717, 1.165) is 12.0 Å². The summed E-state index contributed by atoms with van der Waals surface area (Å²) < 4.78 is -0.187. The predicted molar refractivity (Wildman–Crippen MR) is 98.7 cm³/mol. The van der Waals surface area contributed by atoms with Crippen LogP contribution in [0, 0.1) is 5.92 Å². The Bertz CT molecular complexity index is 664. The van der Waals surface area contributed by atoms with Crippen molar-refractivity contribution in [3.05, 3.63) is 82.9 Å². The molecule has 118 valence electrons. The van der Waals surface area contributed by atoms with E-state index in [-0.39, 0.29) is 10.7 Å². The van der Waals surface area contributed by atoms with E-state index in [1.165, 1.54) is 22.3 Å². The van der Waals surface area contributed by atoms with Crippen LogP contribution in [0.2, 0.25) is 0 Å². The van der Waals surface area contributed by atoms with Crippen molar-refractivity contribution in [1.82, 2.24) is 0 Å². The van der Waals surface area contributed by atoms with Crippen molar-refractivity contribution in [2.24, 2.45) is 5.92 Å². The molecule has 1 nitrogen and oxygen atoms in total. The number of carbonyl (C=O) groups is 1. The highest BCUT2D eigenvalue weighted by molar-refractivity contribution is 8.00. The first-order chi connectivity index (χ1) is 11.2. The maximum Gasteiger partial charge on any atom is 0.120 e. The Labute approximate surface area is 142 Å². The average molecular weight is 322 g/mol. The third kappa shape index (κ3) is 2.76. The lowest BCUT2D eigenvalue weighted by molar-refractivity contribution is -0.108. The summed E-state index contributed by atoms with van der Waals surface area (Å²) in [6.07, 6.45) is 1.63. The molecule has 2 aromatic rings. The Morgan fingerprint density at radius 2 is 1.52 bits per heavy atom. The number of carbonyl (C=O) groups excluding carboxylic acids is 1. The number of rotatable bonds is 4. The molecule has 0 spiro atoms. The van der Waals surface area contributed by atoms with Gasteiger partial charge in [0.05, 0.1) is 4.75 Å². The molecule has 2 aromatic carbocycles. The van der Waals surface area contributed by atoms with Gasteiger partial charge in [-0.25, -0.2) is 0 Å². The van der Waals surface area contributed by atoms with Gasteiger partial charge >= 0.3 is 0 Å². The van der Waals surface area contributed by atoms with Crippen molar-refractivity contribution >= 4 is 18.0 Å². The zero-order valence-corrected chi connectivity index (χ0v) is 14.5. The fourth-order valence-electron chi connectivity index (χ4n) is 3.59. The van der Waals surface area contributed by atoms with Crippen LogP contribution in [0.5, 0.6) is 0 Å². The van der Waals surface area contributed by atoms with Crippen LogP contribution in [0.3, 0.4) is 0 Å². The highest BCUT2D eigenvalue weighted by Gasteiger charge is 2.45. The van der Waals surface area contributed by atoms with Gasteiger partial charge in [0.1, 0.15) is 6.29 Å². The molecule has 0 fully saturated rings. The van der Waals surface area contributed by atoms with Crippen molar-refractivity contribution in [2.45, 2.75) is 25.0 Å². The summed E-state index contributed by atoms with van der Waals surface area (Å²) in [5.41, 5.74) is 5.35. The lowest BCUT2D eigenvalue weighted by Crippen LogP contribution is -2.38. The number of allylic oxidation sites excluding steroid dienone is 1. The molecule has 1 atom stereocenters. The van der Waals surface area contributed by atoms with Crippen LogP contribution in [-0.2, 0) is 9.54 Å². The van der Waals surface area contributed by atoms with Crippen LogP contribution in [0.25, 0.3) is 0 Å². The first-order valence-corrected chi connectivity index (χ1v) is 9.03. The number of benzene rings is 2. The topological polar surface area (TPSA) is 17.1 Å². The van der Waals surface area contributed by atoms with E-state index in [1.807, 2.05) is 11.8 Å². The van der Waals surface area contributed by atoms with Crippen LogP contribution >= 0.6 is 11.8 Å². The van der Waals surface area contributed by atoms with Crippen molar-refractivity contribution < 1.29 is 4.79 Å². The summed E-state index contributed by atoms with van der Waals surface area (Å²) in [5, 5.41) is 0. The van der Waals surface area contributed by atoms with Crippen LogP contribution < -0.4 is 0 Å². The molecule has 0 aliphatic carbocycles. The maximum atomic E-state index is 11.4. The molecule has 23 heavy (non-hydrogen) atoms. The summed E-state index contributed by atoms with van der Waals surface area (Å²) in [6, 6.07) is 21.3. The van der Waals surface area contributed by atoms with Gasteiger partial charge in [0.25, 0.3) is 0 Å². The Balaban J connectivity index is 2.26. The van der Waals surface area contributed by atoms with Crippen LogP contribution in [0.4, 0.5) is 0 Å². The van der Waals surface area contributed by atoms with Crippen LogP contribution in [-0.4, -0.2) is 12.0 Å². The summed E-state index contributed by atoms with van der Waals surface area (Å²) in [7, 11) is 0. The van der Waals surface area contributed by atoms with Crippen molar-refractivity contribution in [1.29, 1.82) is 0 Å². The first kappa shape index (κ1) is 16.1. The summed E-state index contributed by atoms with van der Waals surface area (Å²) in [4.78, 5) is 11.4. The van der Waals surface area contributed by atoms with Gasteiger partial charge in [-0.1, -0.05) is 71.8 Å². The summed E-state index contributed by atoms with van der Waals surface area (Å²) in [5.74, 6) is 1.20. The van der Waals surface area contributed by atoms with E-state index >= 15 is 0 Å². The Morgan fingerprint density at radius 3 is 2.00 bits per heavy atom. The summed E-state index contributed by atoms with van der Waals surface area (Å²) in [6.45, 7) is 4.39. The molecule has 0 N–H and O–H groups in total. The van der Waals surface area contributed by atoms with E-state index in [2.05, 4.69) is 74.5 Å². The summed E-state index contributed by atoms with van der Waals surface area (Å²) >= 11 is 1.96. The quantitative estimate of drug-likeness (QED) is 0.567. The zero-order chi connectivity index (χ0) is 16.3. The standard InChI is InChI=1S/C21H22OS/c1-16-15-23-21(18-9-5-3-6-10-18,19-11-7-4-8-12-19)20(13-14-22)17(16)2/h3-12,14,20H,13,15H2,1-2H3/t20-/m0/s1. The highest BCUT2D eigenvalue weighted by atomic mass is 32.2. The lowest BCUT2D eigenvalue weighted by atomic mass is 9.73. The number of aldehydes is 1. The average Bonchev–Trinajstić information content (AvgIpc) is 2.61. The molecule has 0 radical (unpaired) electrons. The SMILES string of the molecule is CC1=C(C)[C@H](CC=O)C(c2ccccc2)(c2ccccc2)SC1. The Hall–Kier alpha value is -1.80. The van der Waals surface area contributed by atoms with Gasteiger partial charge in [0.15, 0.2) is 0 Å². The molecule has 0 amide bonds. The third-order valence-corrected chi connectivity index (χ3v) is 6.73. The molecule has 1 aliphatic rings. The van der Waals surface area contributed by atoms with Gasteiger partial charge in [-0.3, -0.25) is 0 Å². The predicted octanol–water partition coefficient (Wildman–Crippen LogP) is 5.22. The molecule has 0 bridgehead atoms. The molecule has 2 heteroatoms. The second kappa shape index (κ2) is 6.76. The third-order valence-electron chi connectivity index (χ3n) is 4.94. The van der Waals surface area contributed by atoms with E-state index in [4.69, 9.17) is 0 Å². The molecule has 0 saturated heterocycles. The van der Waals surface area contributed by atoms with Gasteiger partial charge in [-0.05, 0) is 25.0 Å². The molecule has 0 saturated carbocycles. The van der Waals surface area contributed by atoms with Gasteiger partial charge in [0.2, 0.25) is 0 Å². The lowest BCUT2D eigenvalue weighted by Gasteiger charge is -2.45. The maximum absolute atomic E-state index is 11.4. The van der Waals surface area contributed by atoms with Crippen molar-refractivity contribution in [2.75, 3.05) is 5.75 Å². The minimum Gasteiger partial charge on any atom is -0.303 e. The monoisotopic (exact) mass is 322 g/mol. The molecule has 1 aliphatic heterocycles. The van der Waals surface area contributed by atoms with Gasteiger partial charge in [0, 0.05) is 18.1 Å². The van der Waals surface area contributed by atoms with Crippen LogP contribution in [0.15, 0.2) is 71.8 Å². The number of hydrogen-bond acceptors (Lipinski definition) is 2. The molecule has 3 rings (SSSR count). The number of hydrogen-bond donors (Lipinski definition) is 0. The van der Waals surface area contributed by atoms with Crippen molar-refractivity contribution in [3.8, 4) is 0 Å².